The molecule has 138 valence electrons. The number of benzene rings is 2. The molecule has 0 heterocycles. The van der Waals surface area contributed by atoms with E-state index in [2.05, 4.69) is 5.32 Å². The van der Waals surface area contributed by atoms with Crippen LogP contribution in [0, 0.1) is 0 Å². The van der Waals surface area contributed by atoms with Crippen LogP contribution in [0.5, 0.6) is 5.75 Å². The summed E-state index contributed by atoms with van der Waals surface area (Å²) < 4.78 is 5.75. The highest BCUT2D eigenvalue weighted by atomic mass is 35.5. The number of amides is 3. The molecule has 3 N–H and O–H groups in total. The van der Waals surface area contributed by atoms with E-state index in [0.29, 0.717) is 18.2 Å². The first-order valence-electron chi connectivity index (χ1n) is 8.12. The summed E-state index contributed by atoms with van der Waals surface area (Å²) in [4.78, 5) is 24.4. The fourth-order valence-electron chi connectivity index (χ4n) is 2.29. The van der Waals surface area contributed by atoms with Gasteiger partial charge in [0, 0.05) is 11.6 Å². The number of likely N-dealkylation sites (N-methyl/N-ethyl adjacent to an activating group) is 1. The average Bonchev–Trinajstić information content (AvgIpc) is 2.61. The van der Waals surface area contributed by atoms with Gasteiger partial charge in [-0.15, -0.1) is 0 Å². The molecule has 0 saturated heterocycles. The Morgan fingerprint density at radius 1 is 1.12 bits per heavy atom. The number of rotatable bonds is 7. The Bertz CT molecular complexity index is 748. The lowest BCUT2D eigenvalue weighted by Gasteiger charge is -2.23. The first kappa shape index (κ1) is 19.8. The monoisotopic (exact) mass is 375 g/mol. The minimum Gasteiger partial charge on any atom is -0.489 e. The largest absolute Gasteiger partial charge is 0.489 e. The van der Waals surface area contributed by atoms with E-state index < -0.39 is 18.0 Å². The zero-order valence-electron chi connectivity index (χ0n) is 14.7. The third-order valence-corrected chi connectivity index (χ3v) is 4.21. The molecule has 1 atom stereocenters. The molecule has 0 radical (unpaired) electrons. The number of carbonyl (C=O) groups excluding carboxylic acids is 2. The Morgan fingerprint density at radius 2 is 1.69 bits per heavy atom. The molecule has 7 heteroatoms. The molecular weight excluding hydrogens is 354 g/mol. The zero-order chi connectivity index (χ0) is 19.1. The summed E-state index contributed by atoms with van der Waals surface area (Å²) in [6, 6.07) is 13.8. The van der Waals surface area contributed by atoms with Gasteiger partial charge >= 0.3 is 6.03 Å². The molecule has 0 aliphatic rings. The number of ether oxygens (including phenoxy) is 1. The van der Waals surface area contributed by atoms with Crippen LogP contribution < -0.4 is 15.8 Å². The van der Waals surface area contributed by atoms with Crippen molar-refractivity contribution in [2.75, 3.05) is 7.05 Å². The van der Waals surface area contributed by atoms with Crippen LogP contribution in [0.25, 0.3) is 0 Å². The van der Waals surface area contributed by atoms with Crippen LogP contribution in [0.4, 0.5) is 4.79 Å². The van der Waals surface area contributed by atoms with Gasteiger partial charge in [-0.1, -0.05) is 35.9 Å². The summed E-state index contributed by atoms with van der Waals surface area (Å²) in [7, 11) is 1.80. The van der Waals surface area contributed by atoms with Crippen LogP contribution in [0.1, 0.15) is 18.1 Å². The first-order chi connectivity index (χ1) is 12.3. The number of carbonyl (C=O) groups is 2. The lowest BCUT2D eigenvalue weighted by atomic mass is 10.2. The average molecular weight is 376 g/mol. The van der Waals surface area contributed by atoms with E-state index >= 15 is 0 Å². The molecule has 26 heavy (non-hydrogen) atoms. The molecule has 0 fully saturated rings. The Hall–Kier alpha value is -2.57. The van der Waals surface area contributed by atoms with Gasteiger partial charge in [-0.25, -0.2) is 4.79 Å². The smallest absolute Gasteiger partial charge is 0.318 e. The summed E-state index contributed by atoms with van der Waals surface area (Å²) in [5, 5.41) is 2.78. The van der Waals surface area contributed by atoms with E-state index in [9.17, 15) is 9.59 Å². The molecular formula is C19H22ClN3O3. The first-order valence-corrected chi connectivity index (χ1v) is 8.49. The van der Waals surface area contributed by atoms with Crippen LogP contribution in [0.2, 0.25) is 5.02 Å². The van der Waals surface area contributed by atoms with Crippen molar-refractivity contribution in [1.29, 1.82) is 0 Å². The molecule has 3 amide bonds. The maximum absolute atomic E-state index is 11.8. The molecule has 0 bridgehead atoms. The predicted molar refractivity (Wildman–Crippen MR) is 101 cm³/mol. The van der Waals surface area contributed by atoms with Crippen molar-refractivity contribution in [3.8, 4) is 5.75 Å². The lowest BCUT2D eigenvalue weighted by molar-refractivity contribution is -0.124. The summed E-state index contributed by atoms with van der Waals surface area (Å²) in [5.74, 6) is 0.328. The molecule has 2 aromatic carbocycles. The van der Waals surface area contributed by atoms with Gasteiger partial charge in [-0.3, -0.25) is 15.0 Å². The van der Waals surface area contributed by atoms with Crippen molar-refractivity contribution in [3.05, 3.63) is 64.7 Å². The van der Waals surface area contributed by atoms with Crippen molar-refractivity contribution in [3.63, 3.8) is 0 Å². The second kappa shape index (κ2) is 9.22. The lowest BCUT2D eigenvalue weighted by Crippen LogP contribution is -2.46. The maximum atomic E-state index is 11.8. The van der Waals surface area contributed by atoms with Crippen LogP contribution in [0.3, 0.4) is 0 Å². The van der Waals surface area contributed by atoms with Gasteiger partial charge in [-0.2, -0.15) is 0 Å². The van der Waals surface area contributed by atoms with Gasteiger partial charge in [0.2, 0.25) is 5.91 Å². The van der Waals surface area contributed by atoms with E-state index in [4.69, 9.17) is 22.1 Å². The van der Waals surface area contributed by atoms with Crippen LogP contribution in [0.15, 0.2) is 48.5 Å². The van der Waals surface area contributed by atoms with Gasteiger partial charge in [0.15, 0.2) is 0 Å². The third kappa shape index (κ3) is 6.06. The molecule has 0 aliphatic carbocycles. The Kier molecular flexibility index (Phi) is 7.00. The van der Waals surface area contributed by atoms with Gasteiger partial charge < -0.3 is 10.5 Å². The van der Waals surface area contributed by atoms with E-state index in [1.54, 1.807) is 14.0 Å². The van der Waals surface area contributed by atoms with Crippen LogP contribution >= 0.6 is 11.6 Å². The summed E-state index contributed by atoms with van der Waals surface area (Å²) in [6.07, 6.45) is 0. The number of halogens is 1. The molecule has 0 unspecified atom stereocenters. The summed E-state index contributed by atoms with van der Waals surface area (Å²) >= 11 is 5.86. The quantitative estimate of drug-likeness (QED) is 0.779. The molecule has 0 aromatic heterocycles. The number of nitrogens with one attached hydrogen (secondary N) is 1. The zero-order valence-corrected chi connectivity index (χ0v) is 15.5. The standard InChI is InChI=1S/C19H22ClN3O3/c1-13(18(24)22-19(21)25)23(2)11-14-5-9-17(10-6-14)26-12-15-3-7-16(20)8-4-15/h3-10,13H,11-12H2,1-2H3,(H3,21,22,24,25)/t13-/m1/s1. The van der Waals surface area contributed by atoms with E-state index in [1.165, 1.54) is 0 Å². The van der Waals surface area contributed by atoms with Crippen molar-refractivity contribution < 1.29 is 14.3 Å². The summed E-state index contributed by atoms with van der Waals surface area (Å²) in [5.41, 5.74) is 7.02. The molecule has 2 aromatic rings. The number of nitrogens with zero attached hydrogens (tertiary/aromatic N) is 1. The number of urea groups is 1. The number of imide groups is 1. The van der Waals surface area contributed by atoms with E-state index in [-0.39, 0.29) is 0 Å². The molecule has 0 aliphatic heterocycles. The van der Waals surface area contributed by atoms with Gasteiger partial charge in [0.25, 0.3) is 0 Å². The van der Waals surface area contributed by atoms with Crippen molar-refractivity contribution in [2.24, 2.45) is 5.73 Å². The second-order valence-electron chi connectivity index (χ2n) is 6.00. The van der Waals surface area contributed by atoms with Gasteiger partial charge in [0.1, 0.15) is 12.4 Å². The van der Waals surface area contributed by atoms with Gasteiger partial charge in [0.05, 0.1) is 6.04 Å². The predicted octanol–water partition coefficient (Wildman–Crippen LogP) is 2.93. The SMILES string of the molecule is C[C@H](C(=O)NC(N)=O)N(C)Cc1ccc(OCc2ccc(Cl)cc2)cc1. The maximum Gasteiger partial charge on any atom is 0.318 e. The minimum absolute atomic E-state index is 0.428. The van der Waals surface area contributed by atoms with Crippen LogP contribution in [-0.4, -0.2) is 29.9 Å². The molecule has 0 spiro atoms. The highest BCUT2D eigenvalue weighted by molar-refractivity contribution is 6.30. The fraction of sp³-hybridized carbons (Fsp3) is 0.263. The Morgan fingerprint density at radius 3 is 2.27 bits per heavy atom. The highest BCUT2D eigenvalue weighted by Gasteiger charge is 2.19. The number of hydrogen-bond acceptors (Lipinski definition) is 4. The highest BCUT2D eigenvalue weighted by Crippen LogP contribution is 2.17. The van der Waals surface area contributed by atoms with Crippen molar-refractivity contribution >= 4 is 23.5 Å². The van der Waals surface area contributed by atoms with Crippen LogP contribution in [-0.2, 0) is 17.9 Å². The Labute approximate surface area is 157 Å². The van der Waals surface area contributed by atoms with E-state index in [1.807, 2.05) is 53.4 Å². The molecule has 2 rings (SSSR count). The van der Waals surface area contributed by atoms with Gasteiger partial charge in [-0.05, 0) is 49.4 Å². The normalized spacial score (nSPS) is 11.8. The third-order valence-electron chi connectivity index (χ3n) is 3.96. The van der Waals surface area contributed by atoms with Crippen molar-refractivity contribution in [2.45, 2.75) is 26.1 Å². The minimum atomic E-state index is -0.850. The summed E-state index contributed by atoms with van der Waals surface area (Å²) in [6.45, 7) is 2.72. The van der Waals surface area contributed by atoms with Crippen molar-refractivity contribution in [1.82, 2.24) is 10.2 Å². The molecule has 6 nitrogen and oxygen atoms in total. The topological polar surface area (TPSA) is 84.7 Å². The second-order valence-corrected chi connectivity index (χ2v) is 6.44. The van der Waals surface area contributed by atoms with E-state index in [0.717, 1.165) is 16.9 Å². The number of nitrogens with two attached hydrogens (primary N) is 1. The number of hydrogen-bond donors (Lipinski definition) is 2. The number of primary amides is 1. The molecule has 0 saturated carbocycles. The Balaban J connectivity index is 1.87. The fourth-order valence-corrected chi connectivity index (χ4v) is 2.42.